The van der Waals surface area contributed by atoms with Crippen molar-refractivity contribution in [1.82, 2.24) is 0 Å². The van der Waals surface area contributed by atoms with Gasteiger partial charge in [-0.3, -0.25) is 0 Å². The molecule has 2 heteroatoms. The van der Waals surface area contributed by atoms with Gasteiger partial charge in [0.05, 0.1) is 6.61 Å². The molecule has 0 saturated heterocycles. The van der Waals surface area contributed by atoms with Crippen molar-refractivity contribution in [2.45, 2.75) is 19.8 Å². The molecule has 82 valence electrons. The van der Waals surface area contributed by atoms with Crippen LogP contribution in [0.2, 0.25) is 0 Å². The second-order valence-corrected chi connectivity index (χ2v) is 3.64. The maximum atomic E-state index is 5.56. The van der Waals surface area contributed by atoms with Crippen LogP contribution in [0.5, 0.6) is 5.75 Å². The fraction of sp³-hybridized carbons (Fsp3) is 0.385. The Bertz CT molecular complexity index is 290. The van der Waals surface area contributed by atoms with Crippen LogP contribution in [0.3, 0.4) is 0 Å². The van der Waals surface area contributed by atoms with Crippen LogP contribution < -0.4 is 4.74 Å². The molecule has 0 saturated carbocycles. The Morgan fingerprint density at radius 3 is 2.60 bits per heavy atom. The van der Waals surface area contributed by atoms with Gasteiger partial charge in [0.15, 0.2) is 0 Å². The molecule has 0 aliphatic rings. The van der Waals surface area contributed by atoms with E-state index in [0.29, 0.717) is 5.88 Å². The van der Waals surface area contributed by atoms with E-state index in [1.54, 1.807) is 0 Å². The Kier molecular flexibility index (Phi) is 5.94. The van der Waals surface area contributed by atoms with Gasteiger partial charge < -0.3 is 4.74 Å². The van der Waals surface area contributed by atoms with Crippen molar-refractivity contribution in [3.8, 4) is 5.75 Å². The van der Waals surface area contributed by atoms with Crippen molar-refractivity contribution < 1.29 is 4.74 Å². The zero-order valence-electron chi connectivity index (χ0n) is 9.08. The number of allylic oxidation sites excluding steroid dienone is 1. The molecule has 0 N–H and O–H groups in total. The van der Waals surface area contributed by atoms with Gasteiger partial charge >= 0.3 is 0 Å². The Balaban J connectivity index is 2.45. The number of hydrogen-bond donors (Lipinski definition) is 0. The highest BCUT2D eigenvalue weighted by atomic mass is 35.5. The summed E-state index contributed by atoms with van der Waals surface area (Å²) in [5.41, 5.74) is 1.15. The lowest BCUT2D eigenvalue weighted by Crippen LogP contribution is -1.95. The summed E-state index contributed by atoms with van der Waals surface area (Å²) < 4.78 is 5.56. The second-order valence-electron chi connectivity index (χ2n) is 3.33. The van der Waals surface area contributed by atoms with Gasteiger partial charge in [-0.15, -0.1) is 11.6 Å². The first-order valence-electron chi connectivity index (χ1n) is 5.32. The van der Waals surface area contributed by atoms with E-state index in [2.05, 4.69) is 6.92 Å². The molecule has 1 rings (SSSR count). The molecule has 0 bridgehead atoms. The molecule has 0 heterocycles. The van der Waals surface area contributed by atoms with Crippen molar-refractivity contribution in [2.75, 3.05) is 12.5 Å². The predicted molar refractivity (Wildman–Crippen MR) is 66.6 cm³/mol. The smallest absolute Gasteiger partial charge is 0.119 e. The van der Waals surface area contributed by atoms with Gasteiger partial charge in [0.1, 0.15) is 5.75 Å². The van der Waals surface area contributed by atoms with Crippen LogP contribution >= 0.6 is 11.6 Å². The third-order valence-electron chi connectivity index (χ3n) is 2.05. The minimum Gasteiger partial charge on any atom is -0.494 e. The average Bonchev–Trinajstić information content (AvgIpc) is 2.28. The van der Waals surface area contributed by atoms with Crippen LogP contribution in [0.4, 0.5) is 0 Å². The van der Waals surface area contributed by atoms with E-state index in [0.717, 1.165) is 30.8 Å². The van der Waals surface area contributed by atoms with E-state index in [1.807, 2.05) is 36.4 Å². The maximum absolute atomic E-state index is 5.56. The SMILES string of the molecule is CCCCOc1ccc(C=CCCl)cc1. The first-order valence-corrected chi connectivity index (χ1v) is 5.85. The van der Waals surface area contributed by atoms with Crippen molar-refractivity contribution in [3.05, 3.63) is 35.9 Å². The lowest BCUT2D eigenvalue weighted by Gasteiger charge is -2.04. The zero-order valence-corrected chi connectivity index (χ0v) is 9.83. The molecule has 1 aromatic carbocycles. The Morgan fingerprint density at radius 2 is 2.00 bits per heavy atom. The molecule has 0 spiro atoms. The van der Waals surface area contributed by atoms with Crippen LogP contribution in [-0.4, -0.2) is 12.5 Å². The topological polar surface area (TPSA) is 9.23 Å². The van der Waals surface area contributed by atoms with Gasteiger partial charge in [-0.05, 0) is 24.1 Å². The Morgan fingerprint density at radius 1 is 1.27 bits per heavy atom. The second kappa shape index (κ2) is 7.36. The lowest BCUT2D eigenvalue weighted by molar-refractivity contribution is 0.309. The molecule has 0 amide bonds. The fourth-order valence-electron chi connectivity index (χ4n) is 1.19. The number of hydrogen-bond acceptors (Lipinski definition) is 1. The van der Waals surface area contributed by atoms with Gasteiger partial charge in [0.2, 0.25) is 0 Å². The molecule has 0 fully saturated rings. The predicted octanol–water partition coefficient (Wildman–Crippen LogP) is 4.12. The number of benzene rings is 1. The van der Waals surface area contributed by atoms with E-state index in [9.17, 15) is 0 Å². The Labute approximate surface area is 96.7 Å². The quantitative estimate of drug-likeness (QED) is 0.522. The van der Waals surface area contributed by atoms with Crippen molar-refractivity contribution in [2.24, 2.45) is 0 Å². The van der Waals surface area contributed by atoms with E-state index < -0.39 is 0 Å². The molecular weight excluding hydrogens is 208 g/mol. The highest BCUT2D eigenvalue weighted by Gasteiger charge is 1.92. The summed E-state index contributed by atoms with van der Waals surface area (Å²) in [5.74, 6) is 1.49. The molecule has 0 atom stereocenters. The zero-order chi connectivity index (χ0) is 10.9. The van der Waals surface area contributed by atoms with E-state index in [-0.39, 0.29) is 0 Å². The summed E-state index contributed by atoms with van der Waals surface area (Å²) in [6, 6.07) is 8.04. The van der Waals surface area contributed by atoms with Gasteiger partial charge in [0, 0.05) is 5.88 Å². The van der Waals surface area contributed by atoms with E-state index >= 15 is 0 Å². The summed E-state index contributed by atoms with van der Waals surface area (Å²) in [5, 5.41) is 0. The third kappa shape index (κ3) is 4.89. The van der Waals surface area contributed by atoms with Gasteiger partial charge in [0.25, 0.3) is 0 Å². The number of unbranched alkanes of at least 4 members (excludes halogenated alkanes) is 1. The third-order valence-corrected chi connectivity index (χ3v) is 2.22. The molecule has 0 aliphatic carbocycles. The molecule has 0 aromatic heterocycles. The Hall–Kier alpha value is -0.950. The van der Waals surface area contributed by atoms with Crippen LogP contribution in [0.25, 0.3) is 6.08 Å². The number of rotatable bonds is 6. The van der Waals surface area contributed by atoms with Gasteiger partial charge in [-0.1, -0.05) is 37.6 Å². The van der Waals surface area contributed by atoms with Crippen LogP contribution in [-0.2, 0) is 0 Å². The standard InChI is InChI=1S/C13H17ClO/c1-2-3-11-15-13-8-6-12(7-9-13)5-4-10-14/h4-9H,2-3,10-11H2,1H3. The summed E-state index contributed by atoms with van der Waals surface area (Å²) in [7, 11) is 0. The minimum atomic E-state index is 0.550. The fourth-order valence-corrected chi connectivity index (χ4v) is 1.28. The van der Waals surface area contributed by atoms with Gasteiger partial charge in [-0.2, -0.15) is 0 Å². The van der Waals surface area contributed by atoms with Crippen LogP contribution in [0, 0.1) is 0 Å². The maximum Gasteiger partial charge on any atom is 0.119 e. The number of ether oxygens (including phenoxy) is 1. The summed E-state index contributed by atoms with van der Waals surface area (Å²) in [6.07, 6.45) is 6.20. The first kappa shape index (κ1) is 12.1. The largest absolute Gasteiger partial charge is 0.494 e. The highest BCUT2D eigenvalue weighted by Crippen LogP contribution is 2.13. The normalized spacial score (nSPS) is 10.8. The highest BCUT2D eigenvalue weighted by molar-refractivity contribution is 6.19. The van der Waals surface area contributed by atoms with Gasteiger partial charge in [-0.25, -0.2) is 0 Å². The summed E-state index contributed by atoms with van der Waals surface area (Å²) in [4.78, 5) is 0. The summed E-state index contributed by atoms with van der Waals surface area (Å²) in [6.45, 7) is 2.96. The molecule has 1 nitrogen and oxygen atoms in total. The average molecular weight is 225 g/mol. The first-order chi connectivity index (χ1) is 7.36. The number of alkyl halides is 1. The van der Waals surface area contributed by atoms with Crippen LogP contribution in [0.15, 0.2) is 30.3 Å². The molecular formula is C13H17ClO. The monoisotopic (exact) mass is 224 g/mol. The van der Waals surface area contributed by atoms with Crippen molar-refractivity contribution >= 4 is 17.7 Å². The summed E-state index contributed by atoms with van der Waals surface area (Å²) >= 11 is 5.56. The van der Waals surface area contributed by atoms with E-state index in [4.69, 9.17) is 16.3 Å². The number of halogens is 1. The van der Waals surface area contributed by atoms with E-state index in [1.165, 1.54) is 0 Å². The van der Waals surface area contributed by atoms with Crippen molar-refractivity contribution in [1.29, 1.82) is 0 Å². The molecule has 0 aliphatic heterocycles. The minimum absolute atomic E-state index is 0.550. The molecule has 15 heavy (non-hydrogen) atoms. The molecule has 1 aromatic rings. The molecule has 0 radical (unpaired) electrons. The van der Waals surface area contributed by atoms with Crippen LogP contribution in [0.1, 0.15) is 25.3 Å². The van der Waals surface area contributed by atoms with Crippen molar-refractivity contribution in [3.63, 3.8) is 0 Å². The molecule has 0 unspecified atom stereocenters. The lowest BCUT2D eigenvalue weighted by atomic mass is 10.2.